The number of rotatable bonds is 3. The fraction of sp³-hybridized carbons (Fsp3) is 0.833. The van der Waals surface area contributed by atoms with Crippen LogP contribution in [0, 0.1) is 0 Å². The van der Waals surface area contributed by atoms with Crippen LogP contribution < -0.4 is 5.32 Å². The van der Waals surface area contributed by atoms with Crippen LogP contribution >= 0.6 is 0 Å². The van der Waals surface area contributed by atoms with E-state index < -0.39 is 33.6 Å². The first kappa shape index (κ1) is 13.2. The molecular formula is C6H10F3NO3S. The Morgan fingerprint density at radius 2 is 1.86 bits per heavy atom. The van der Waals surface area contributed by atoms with Crippen molar-refractivity contribution in [1.82, 2.24) is 5.32 Å². The SMILES string of the molecule is CNC(=O)CC(C(F)(F)F)S(C)(=O)=O. The lowest BCUT2D eigenvalue weighted by Gasteiger charge is -2.17. The van der Waals surface area contributed by atoms with Crippen molar-refractivity contribution in [2.75, 3.05) is 13.3 Å². The van der Waals surface area contributed by atoms with Crippen LogP contribution in [0.4, 0.5) is 13.2 Å². The highest BCUT2D eigenvalue weighted by atomic mass is 32.2. The van der Waals surface area contributed by atoms with Crippen LogP contribution in [0.25, 0.3) is 0 Å². The zero-order valence-electron chi connectivity index (χ0n) is 7.55. The Kier molecular flexibility index (Phi) is 3.92. The molecule has 0 heterocycles. The third-order valence-electron chi connectivity index (χ3n) is 1.53. The number of carbonyl (C=O) groups is 1. The van der Waals surface area contributed by atoms with Gasteiger partial charge in [0.25, 0.3) is 0 Å². The Morgan fingerprint density at radius 1 is 1.43 bits per heavy atom. The van der Waals surface area contributed by atoms with E-state index in [0.29, 0.717) is 6.26 Å². The van der Waals surface area contributed by atoms with E-state index in [1.54, 1.807) is 0 Å². The molecule has 8 heteroatoms. The molecular weight excluding hydrogens is 223 g/mol. The van der Waals surface area contributed by atoms with Gasteiger partial charge in [0.1, 0.15) is 0 Å². The van der Waals surface area contributed by atoms with E-state index >= 15 is 0 Å². The zero-order chi connectivity index (χ0) is 11.6. The number of carbonyl (C=O) groups excluding carboxylic acids is 1. The minimum absolute atomic E-state index is 0.452. The summed E-state index contributed by atoms with van der Waals surface area (Å²) in [5.74, 6) is -0.960. The number of nitrogens with one attached hydrogen (secondary N) is 1. The van der Waals surface area contributed by atoms with Crippen molar-refractivity contribution in [1.29, 1.82) is 0 Å². The van der Waals surface area contributed by atoms with Gasteiger partial charge in [-0.1, -0.05) is 0 Å². The van der Waals surface area contributed by atoms with Gasteiger partial charge in [-0.3, -0.25) is 4.79 Å². The first-order valence-electron chi connectivity index (χ1n) is 3.55. The molecule has 0 saturated heterocycles. The predicted octanol–water partition coefficient (Wildman–Crippen LogP) is 0.0980. The topological polar surface area (TPSA) is 63.2 Å². The molecule has 0 aliphatic heterocycles. The molecule has 0 fully saturated rings. The summed E-state index contributed by atoms with van der Waals surface area (Å²) in [6.45, 7) is 0. The van der Waals surface area contributed by atoms with Gasteiger partial charge in [0.2, 0.25) is 5.91 Å². The summed E-state index contributed by atoms with van der Waals surface area (Å²) in [5, 5.41) is -0.693. The Hall–Kier alpha value is -0.790. The highest BCUT2D eigenvalue weighted by molar-refractivity contribution is 7.91. The van der Waals surface area contributed by atoms with Crippen molar-refractivity contribution in [2.24, 2.45) is 0 Å². The molecule has 84 valence electrons. The first-order chi connectivity index (χ1) is 6.09. The van der Waals surface area contributed by atoms with Gasteiger partial charge in [-0.2, -0.15) is 13.2 Å². The van der Waals surface area contributed by atoms with Crippen molar-refractivity contribution in [2.45, 2.75) is 17.8 Å². The molecule has 0 saturated carbocycles. The summed E-state index contributed by atoms with van der Waals surface area (Å²) in [6, 6.07) is 0. The van der Waals surface area contributed by atoms with E-state index in [1.807, 2.05) is 5.32 Å². The molecule has 14 heavy (non-hydrogen) atoms. The number of halogens is 3. The third-order valence-corrected chi connectivity index (χ3v) is 3.00. The second kappa shape index (κ2) is 4.16. The molecule has 0 aliphatic rings. The number of sulfone groups is 1. The minimum atomic E-state index is -4.92. The Balaban J connectivity index is 4.87. The maximum atomic E-state index is 12.2. The Morgan fingerprint density at radius 3 is 2.07 bits per heavy atom. The van der Waals surface area contributed by atoms with Gasteiger partial charge < -0.3 is 5.32 Å². The van der Waals surface area contributed by atoms with Crippen molar-refractivity contribution >= 4 is 15.7 Å². The third kappa shape index (κ3) is 3.95. The lowest BCUT2D eigenvalue weighted by molar-refractivity contribution is -0.140. The molecule has 0 bridgehead atoms. The molecule has 0 rings (SSSR count). The second-order valence-corrected chi connectivity index (χ2v) is 4.97. The van der Waals surface area contributed by atoms with E-state index in [0.717, 1.165) is 7.05 Å². The summed E-state index contributed by atoms with van der Waals surface area (Å²) in [4.78, 5) is 10.6. The average Bonchev–Trinajstić information content (AvgIpc) is 1.95. The van der Waals surface area contributed by atoms with E-state index in [4.69, 9.17) is 0 Å². The fourth-order valence-electron chi connectivity index (χ4n) is 0.780. The number of hydrogen-bond acceptors (Lipinski definition) is 3. The molecule has 1 atom stereocenters. The molecule has 0 aromatic rings. The fourth-order valence-corrected chi connectivity index (χ4v) is 1.72. The summed E-state index contributed by atoms with van der Waals surface area (Å²) in [7, 11) is -3.18. The molecule has 1 amide bonds. The summed E-state index contributed by atoms with van der Waals surface area (Å²) < 4.78 is 57.9. The Labute approximate surface area is 79.4 Å². The van der Waals surface area contributed by atoms with Crippen molar-refractivity contribution in [3.05, 3.63) is 0 Å². The van der Waals surface area contributed by atoms with Gasteiger partial charge in [-0.25, -0.2) is 8.42 Å². The van der Waals surface area contributed by atoms with E-state index in [-0.39, 0.29) is 0 Å². The van der Waals surface area contributed by atoms with Crippen LogP contribution in [-0.2, 0) is 14.6 Å². The molecule has 1 unspecified atom stereocenters. The summed E-state index contributed by atoms with van der Waals surface area (Å²) in [6.07, 6.45) is -5.56. The van der Waals surface area contributed by atoms with E-state index in [9.17, 15) is 26.4 Å². The predicted molar refractivity (Wildman–Crippen MR) is 43.4 cm³/mol. The van der Waals surface area contributed by atoms with Crippen LogP contribution in [0.3, 0.4) is 0 Å². The molecule has 0 aromatic heterocycles. The van der Waals surface area contributed by atoms with Crippen LogP contribution in [0.2, 0.25) is 0 Å². The smallest absolute Gasteiger partial charge is 0.359 e. The maximum Gasteiger partial charge on any atom is 0.405 e. The van der Waals surface area contributed by atoms with Crippen LogP contribution in [0.15, 0.2) is 0 Å². The molecule has 0 radical (unpaired) electrons. The highest BCUT2D eigenvalue weighted by Crippen LogP contribution is 2.27. The number of hydrogen-bond donors (Lipinski definition) is 1. The van der Waals surface area contributed by atoms with Gasteiger partial charge >= 0.3 is 6.18 Å². The van der Waals surface area contributed by atoms with Crippen molar-refractivity contribution in [3.8, 4) is 0 Å². The summed E-state index contributed by atoms with van der Waals surface area (Å²) >= 11 is 0. The molecule has 4 nitrogen and oxygen atoms in total. The van der Waals surface area contributed by atoms with Gasteiger partial charge in [-0.05, 0) is 0 Å². The van der Waals surface area contributed by atoms with Gasteiger partial charge in [-0.15, -0.1) is 0 Å². The van der Waals surface area contributed by atoms with E-state index in [2.05, 4.69) is 0 Å². The van der Waals surface area contributed by atoms with Crippen molar-refractivity contribution in [3.63, 3.8) is 0 Å². The van der Waals surface area contributed by atoms with Crippen LogP contribution in [0.5, 0.6) is 0 Å². The second-order valence-electron chi connectivity index (χ2n) is 2.74. The standard InChI is InChI=1S/C6H10F3NO3S/c1-10-5(11)3-4(6(7,8)9)14(2,12)13/h4H,3H2,1-2H3,(H,10,11). The minimum Gasteiger partial charge on any atom is -0.359 e. The quantitative estimate of drug-likeness (QED) is 0.751. The maximum absolute atomic E-state index is 12.2. The van der Waals surface area contributed by atoms with Gasteiger partial charge in [0.15, 0.2) is 15.1 Å². The molecule has 0 spiro atoms. The lowest BCUT2D eigenvalue weighted by atomic mass is 10.3. The lowest BCUT2D eigenvalue weighted by Crippen LogP contribution is -2.40. The van der Waals surface area contributed by atoms with Gasteiger partial charge in [0.05, 0.1) is 6.42 Å². The van der Waals surface area contributed by atoms with Crippen molar-refractivity contribution < 1.29 is 26.4 Å². The highest BCUT2D eigenvalue weighted by Gasteiger charge is 2.47. The average molecular weight is 233 g/mol. The number of alkyl halides is 3. The largest absolute Gasteiger partial charge is 0.405 e. The molecule has 0 aliphatic carbocycles. The Bertz CT molecular complexity index is 309. The van der Waals surface area contributed by atoms with Crippen LogP contribution in [0.1, 0.15) is 6.42 Å². The monoisotopic (exact) mass is 233 g/mol. The molecule has 0 aromatic carbocycles. The normalized spacial score (nSPS) is 14.9. The van der Waals surface area contributed by atoms with Gasteiger partial charge in [0, 0.05) is 13.3 Å². The van der Waals surface area contributed by atoms with Crippen LogP contribution in [-0.4, -0.2) is 39.1 Å². The molecule has 1 N–H and O–H groups in total. The zero-order valence-corrected chi connectivity index (χ0v) is 8.37. The van der Waals surface area contributed by atoms with E-state index in [1.165, 1.54) is 0 Å². The number of amides is 1. The summed E-state index contributed by atoms with van der Waals surface area (Å²) in [5.41, 5.74) is 0. The first-order valence-corrected chi connectivity index (χ1v) is 5.50.